The van der Waals surface area contributed by atoms with E-state index in [1.807, 2.05) is 0 Å². The summed E-state index contributed by atoms with van der Waals surface area (Å²) < 4.78 is 62.3. The molecular weight excluding hydrogens is 492 g/mol. The van der Waals surface area contributed by atoms with Crippen LogP contribution in [0.2, 0.25) is 0 Å². The third kappa shape index (κ3) is 6.40. The van der Waals surface area contributed by atoms with E-state index in [0.717, 1.165) is 25.2 Å². The Bertz CT molecular complexity index is 1240. The highest BCUT2D eigenvalue weighted by Gasteiger charge is 2.56. The number of likely N-dealkylation sites (tertiary alicyclic amines) is 1. The van der Waals surface area contributed by atoms with Gasteiger partial charge in [-0.3, -0.25) is 4.90 Å². The Morgan fingerprint density at radius 1 is 1.11 bits per heavy atom. The van der Waals surface area contributed by atoms with E-state index in [9.17, 15) is 22.4 Å². The molecule has 37 heavy (non-hydrogen) atoms. The quantitative estimate of drug-likeness (QED) is 0.400. The molecule has 1 aliphatic heterocycles. The number of aryl methyl sites for hydroxylation is 1. The second-order valence-corrected chi connectivity index (χ2v) is 9.63. The normalized spacial score (nSPS) is 20.9. The molecule has 1 saturated heterocycles. The maximum atomic E-state index is 13.2. The standard InChI is InChI=1S/C26H26F4N4O3/c1-32-15-24(31-16-32)36-25(35)34(11-18-3-2-4-20(9-18)37-26(28,29)30)14-23-21-12-33(13-22(21)23)10-17-5-7-19(27)8-6-17/h2-9,15-16,21-23H,10-14H2,1H3. The molecule has 0 N–H and O–H groups in total. The van der Waals surface area contributed by atoms with Crippen LogP contribution < -0.4 is 9.47 Å². The van der Waals surface area contributed by atoms with Crippen LogP contribution in [-0.4, -0.2) is 51.4 Å². The Kier molecular flexibility index (Phi) is 6.80. The Hall–Kier alpha value is -3.60. The first-order chi connectivity index (χ1) is 17.6. The average Bonchev–Trinajstić information content (AvgIpc) is 3.12. The van der Waals surface area contributed by atoms with E-state index in [1.54, 1.807) is 36.0 Å². The molecule has 2 fully saturated rings. The van der Waals surface area contributed by atoms with Gasteiger partial charge in [-0.15, -0.1) is 13.2 Å². The molecular formula is C26H26F4N4O3. The second-order valence-electron chi connectivity index (χ2n) is 9.63. The molecule has 5 rings (SSSR count). The Morgan fingerprint density at radius 2 is 1.84 bits per heavy atom. The van der Waals surface area contributed by atoms with Crippen LogP contribution >= 0.6 is 0 Å². The summed E-state index contributed by atoms with van der Waals surface area (Å²) in [5, 5.41) is 0. The summed E-state index contributed by atoms with van der Waals surface area (Å²) >= 11 is 0. The van der Waals surface area contributed by atoms with Crippen LogP contribution in [0, 0.1) is 23.6 Å². The number of hydrogen-bond acceptors (Lipinski definition) is 5. The number of carbonyl (C=O) groups is 1. The van der Waals surface area contributed by atoms with E-state index >= 15 is 0 Å². The number of nitrogens with zero attached hydrogens (tertiary/aromatic N) is 4. The Labute approximate surface area is 211 Å². The first kappa shape index (κ1) is 25.1. The minimum Gasteiger partial charge on any atom is -0.406 e. The maximum Gasteiger partial charge on any atom is 0.573 e. The van der Waals surface area contributed by atoms with Crippen molar-refractivity contribution in [3.8, 4) is 11.6 Å². The van der Waals surface area contributed by atoms with Crippen molar-refractivity contribution < 1.29 is 31.8 Å². The second kappa shape index (κ2) is 10.0. The van der Waals surface area contributed by atoms with E-state index < -0.39 is 12.5 Å². The molecule has 1 saturated carbocycles. The van der Waals surface area contributed by atoms with E-state index in [0.29, 0.717) is 23.9 Å². The van der Waals surface area contributed by atoms with E-state index in [2.05, 4.69) is 14.6 Å². The fourth-order valence-corrected chi connectivity index (χ4v) is 5.10. The minimum absolute atomic E-state index is 0.0654. The number of rotatable bonds is 8. The van der Waals surface area contributed by atoms with Gasteiger partial charge in [-0.2, -0.15) is 0 Å². The first-order valence-electron chi connectivity index (χ1n) is 11.9. The summed E-state index contributed by atoms with van der Waals surface area (Å²) in [4.78, 5) is 20.9. The topological polar surface area (TPSA) is 59.8 Å². The van der Waals surface area contributed by atoms with Gasteiger partial charge in [0.25, 0.3) is 0 Å². The van der Waals surface area contributed by atoms with E-state index in [4.69, 9.17) is 4.74 Å². The maximum absolute atomic E-state index is 13.2. The van der Waals surface area contributed by atoms with Crippen LogP contribution in [0.5, 0.6) is 11.6 Å². The zero-order valence-corrected chi connectivity index (χ0v) is 20.1. The zero-order valence-electron chi connectivity index (χ0n) is 20.1. The summed E-state index contributed by atoms with van der Waals surface area (Å²) in [6, 6.07) is 12.1. The molecule has 3 aromatic rings. The fourth-order valence-electron chi connectivity index (χ4n) is 5.10. The summed E-state index contributed by atoms with van der Waals surface area (Å²) in [5.74, 6) is 0.614. The number of halogens is 4. The smallest absolute Gasteiger partial charge is 0.406 e. The Morgan fingerprint density at radius 3 is 2.49 bits per heavy atom. The van der Waals surface area contributed by atoms with Crippen LogP contribution in [0.1, 0.15) is 11.1 Å². The van der Waals surface area contributed by atoms with Crippen molar-refractivity contribution >= 4 is 6.09 Å². The summed E-state index contributed by atoms with van der Waals surface area (Å²) in [7, 11) is 1.75. The highest BCUT2D eigenvalue weighted by atomic mass is 19.4. The molecule has 2 aliphatic rings. The van der Waals surface area contributed by atoms with Gasteiger partial charge in [-0.25, -0.2) is 14.2 Å². The van der Waals surface area contributed by atoms with Crippen molar-refractivity contribution in [1.82, 2.24) is 19.4 Å². The predicted octanol–water partition coefficient (Wildman–Crippen LogP) is 4.84. The molecule has 0 spiro atoms. The third-order valence-corrected chi connectivity index (χ3v) is 6.83. The molecule has 7 nitrogen and oxygen atoms in total. The predicted molar refractivity (Wildman–Crippen MR) is 125 cm³/mol. The molecule has 196 valence electrons. The fraction of sp³-hybridized carbons (Fsp3) is 0.385. The van der Waals surface area contributed by atoms with Gasteiger partial charge in [0.1, 0.15) is 11.6 Å². The first-order valence-corrected chi connectivity index (χ1v) is 11.9. The number of alkyl halides is 3. The highest BCUT2D eigenvalue weighted by molar-refractivity contribution is 5.70. The molecule has 2 aromatic carbocycles. The van der Waals surface area contributed by atoms with Crippen LogP contribution in [0.15, 0.2) is 61.1 Å². The summed E-state index contributed by atoms with van der Waals surface area (Å²) in [6.45, 7) is 2.94. The molecule has 0 radical (unpaired) electrons. The van der Waals surface area contributed by atoms with Gasteiger partial charge >= 0.3 is 12.5 Å². The lowest BCUT2D eigenvalue weighted by atomic mass is 10.1. The molecule has 1 aromatic heterocycles. The van der Waals surface area contributed by atoms with Gasteiger partial charge in [0.2, 0.25) is 5.88 Å². The number of piperidine rings is 1. The zero-order chi connectivity index (χ0) is 26.2. The van der Waals surface area contributed by atoms with E-state index in [-0.39, 0.29) is 29.9 Å². The lowest BCUT2D eigenvalue weighted by Gasteiger charge is -2.25. The third-order valence-electron chi connectivity index (χ3n) is 6.83. The van der Waals surface area contributed by atoms with Crippen molar-refractivity contribution in [1.29, 1.82) is 0 Å². The number of aromatic nitrogens is 2. The number of amides is 1. The SMILES string of the molecule is Cn1cnc(OC(=O)N(Cc2cccc(OC(F)(F)F)c2)CC2C3CN(Cc4ccc(F)cc4)CC32)c1. The van der Waals surface area contributed by atoms with Crippen molar-refractivity contribution in [2.24, 2.45) is 24.8 Å². The van der Waals surface area contributed by atoms with Gasteiger partial charge in [0.05, 0.1) is 12.5 Å². The molecule has 0 bridgehead atoms. The molecule has 11 heteroatoms. The van der Waals surface area contributed by atoms with E-state index in [1.165, 1.54) is 41.6 Å². The van der Waals surface area contributed by atoms with Gasteiger partial charge in [0, 0.05) is 39.8 Å². The van der Waals surface area contributed by atoms with Gasteiger partial charge in [0.15, 0.2) is 0 Å². The number of hydrogen-bond donors (Lipinski definition) is 0. The molecule has 2 unspecified atom stereocenters. The van der Waals surface area contributed by atoms with Crippen molar-refractivity contribution in [3.05, 3.63) is 78.0 Å². The number of imidazole rings is 1. The van der Waals surface area contributed by atoms with Crippen LogP contribution in [0.3, 0.4) is 0 Å². The minimum atomic E-state index is -4.80. The number of ether oxygens (including phenoxy) is 2. The number of fused-ring (bicyclic) bond motifs is 1. The Balaban J connectivity index is 1.23. The van der Waals surface area contributed by atoms with Crippen LogP contribution in [0.4, 0.5) is 22.4 Å². The lowest BCUT2D eigenvalue weighted by Crippen LogP contribution is -2.36. The van der Waals surface area contributed by atoms with Gasteiger partial charge in [-0.05, 0) is 53.1 Å². The van der Waals surface area contributed by atoms with Crippen LogP contribution in [-0.2, 0) is 20.1 Å². The van der Waals surface area contributed by atoms with Gasteiger partial charge in [-0.1, -0.05) is 24.3 Å². The molecule has 2 heterocycles. The van der Waals surface area contributed by atoms with Crippen LogP contribution in [0.25, 0.3) is 0 Å². The van der Waals surface area contributed by atoms with Crippen molar-refractivity contribution in [2.45, 2.75) is 19.5 Å². The molecule has 1 amide bonds. The molecule has 2 atom stereocenters. The summed E-state index contributed by atoms with van der Waals surface area (Å²) in [6.07, 6.45) is -2.35. The number of benzene rings is 2. The molecule has 1 aliphatic carbocycles. The lowest BCUT2D eigenvalue weighted by molar-refractivity contribution is -0.274. The monoisotopic (exact) mass is 518 g/mol. The summed E-state index contributed by atoms with van der Waals surface area (Å²) in [5.41, 5.74) is 1.53. The largest absolute Gasteiger partial charge is 0.573 e. The highest BCUT2D eigenvalue weighted by Crippen LogP contribution is 2.52. The van der Waals surface area contributed by atoms with Crippen molar-refractivity contribution in [3.63, 3.8) is 0 Å². The van der Waals surface area contributed by atoms with Gasteiger partial charge < -0.3 is 18.9 Å². The average molecular weight is 519 g/mol. The van der Waals surface area contributed by atoms with Crippen molar-refractivity contribution in [2.75, 3.05) is 19.6 Å². The number of carbonyl (C=O) groups excluding carboxylic acids is 1.